The summed E-state index contributed by atoms with van der Waals surface area (Å²) in [6.45, 7) is 2.80. The highest BCUT2D eigenvalue weighted by Crippen LogP contribution is 2.26. The van der Waals surface area contributed by atoms with Gasteiger partial charge in [0.25, 0.3) is 5.91 Å². The van der Waals surface area contributed by atoms with Crippen molar-refractivity contribution in [3.8, 4) is 0 Å². The van der Waals surface area contributed by atoms with Crippen molar-refractivity contribution in [2.45, 2.75) is 13.3 Å². The van der Waals surface area contributed by atoms with Crippen molar-refractivity contribution in [3.05, 3.63) is 35.0 Å². The van der Waals surface area contributed by atoms with E-state index in [4.69, 9.17) is 0 Å². The van der Waals surface area contributed by atoms with E-state index in [1.807, 2.05) is 6.07 Å². The van der Waals surface area contributed by atoms with Gasteiger partial charge in [0.2, 0.25) is 0 Å². The molecule has 0 fully saturated rings. The molecule has 15 heavy (non-hydrogen) atoms. The largest absolute Gasteiger partial charge is 0.350 e. The fourth-order valence-corrected chi connectivity index (χ4v) is 2.26. The number of aryl methyl sites for hydroxylation is 1. The number of hydrogen-bond acceptors (Lipinski definition) is 1. The summed E-state index contributed by atoms with van der Waals surface area (Å²) in [5.41, 5.74) is 4.19. The fourth-order valence-electron chi connectivity index (χ4n) is 2.26. The molecule has 0 unspecified atom stereocenters. The first-order valence-corrected chi connectivity index (χ1v) is 5.16. The van der Waals surface area contributed by atoms with Crippen molar-refractivity contribution < 1.29 is 4.79 Å². The molecule has 2 N–H and O–H groups in total. The van der Waals surface area contributed by atoms with Crippen LogP contribution < -0.4 is 5.32 Å². The number of carbonyl (C=O) groups is 1. The average Bonchev–Trinajstić information content (AvgIpc) is 2.60. The molecular formula is C12H12N2O. The van der Waals surface area contributed by atoms with E-state index in [-0.39, 0.29) is 5.91 Å². The Labute approximate surface area is 87.5 Å². The summed E-state index contributed by atoms with van der Waals surface area (Å²) in [6, 6.07) is 6.18. The third-order valence-electron chi connectivity index (χ3n) is 3.04. The standard InChI is InChI=1S/C12H12N2O/c1-7-3-2-4-8-9-5-6-13-12(15)11(9)14-10(7)8/h2-4,14H,5-6H2,1H3,(H,13,15). The second-order valence-electron chi connectivity index (χ2n) is 3.98. The van der Waals surface area contributed by atoms with Crippen LogP contribution in [0.1, 0.15) is 21.6 Å². The zero-order valence-electron chi connectivity index (χ0n) is 8.55. The molecule has 2 heterocycles. The number of aromatic nitrogens is 1. The Hall–Kier alpha value is -1.77. The van der Waals surface area contributed by atoms with Gasteiger partial charge in [0.05, 0.1) is 0 Å². The van der Waals surface area contributed by atoms with Crippen LogP contribution >= 0.6 is 0 Å². The van der Waals surface area contributed by atoms with Crippen LogP contribution in [0.3, 0.4) is 0 Å². The molecule has 1 aromatic carbocycles. The summed E-state index contributed by atoms with van der Waals surface area (Å²) in [6.07, 6.45) is 0.921. The minimum absolute atomic E-state index is 0.0202. The van der Waals surface area contributed by atoms with Crippen LogP contribution in [0, 0.1) is 6.92 Å². The second kappa shape index (κ2) is 2.86. The molecule has 0 aliphatic carbocycles. The van der Waals surface area contributed by atoms with E-state index < -0.39 is 0 Å². The van der Waals surface area contributed by atoms with Gasteiger partial charge < -0.3 is 10.3 Å². The number of nitrogens with one attached hydrogen (secondary N) is 2. The summed E-state index contributed by atoms with van der Waals surface area (Å²) in [5, 5.41) is 4.04. The van der Waals surface area contributed by atoms with Crippen LogP contribution in [-0.4, -0.2) is 17.4 Å². The molecule has 1 aliphatic rings. The van der Waals surface area contributed by atoms with E-state index in [1.165, 1.54) is 10.9 Å². The fraction of sp³-hybridized carbons (Fsp3) is 0.250. The molecular weight excluding hydrogens is 188 g/mol. The van der Waals surface area contributed by atoms with Crippen LogP contribution in [0.5, 0.6) is 0 Å². The summed E-state index contributed by atoms with van der Waals surface area (Å²) in [7, 11) is 0. The van der Waals surface area contributed by atoms with Gasteiger partial charge in [-0.05, 0) is 24.5 Å². The Bertz CT molecular complexity index is 554. The predicted molar refractivity (Wildman–Crippen MR) is 59.1 cm³/mol. The van der Waals surface area contributed by atoms with Crippen molar-refractivity contribution in [1.82, 2.24) is 10.3 Å². The van der Waals surface area contributed by atoms with E-state index in [2.05, 4.69) is 29.4 Å². The quantitative estimate of drug-likeness (QED) is 0.668. The monoisotopic (exact) mass is 200 g/mol. The van der Waals surface area contributed by atoms with Crippen molar-refractivity contribution >= 4 is 16.8 Å². The van der Waals surface area contributed by atoms with E-state index in [0.29, 0.717) is 0 Å². The topological polar surface area (TPSA) is 44.9 Å². The molecule has 2 aromatic rings. The smallest absolute Gasteiger partial charge is 0.268 e. The van der Waals surface area contributed by atoms with Gasteiger partial charge in [0, 0.05) is 17.4 Å². The summed E-state index contributed by atoms with van der Waals surface area (Å²) < 4.78 is 0. The highest BCUT2D eigenvalue weighted by Gasteiger charge is 2.21. The SMILES string of the molecule is Cc1cccc2c3c([nH]c12)C(=O)NCC3. The number of fused-ring (bicyclic) bond motifs is 3. The van der Waals surface area contributed by atoms with Crippen LogP contribution in [0.2, 0.25) is 0 Å². The molecule has 0 saturated carbocycles. The van der Waals surface area contributed by atoms with Crippen molar-refractivity contribution in [2.24, 2.45) is 0 Å². The van der Waals surface area contributed by atoms with E-state index in [1.54, 1.807) is 0 Å². The van der Waals surface area contributed by atoms with Crippen molar-refractivity contribution in [2.75, 3.05) is 6.54 Å². The van der Waals surface area contributed by atoms with Gasteiger partial charge in [-0.15, -0.1) is 0 Å². The summed E-state index contributed by atoms with van der Waals surface area (Å²) >= 11 is 0. The first-order valence-electron chi connectivity index (χ1n) is 5.16. The first-order chi connectivity index (χ1) is 7.27. The Morgan fingerprint density at radius 2 is 2.20 bits per heavy atom. The van der Waals surface area contributed by atoms with Crippen LogP contribution in [0.4, 0.5) is 0 Å². The van der Waals surface area contributed by atoms with E-state index in [9.17, 15) is 4.79 Å². The summed E-state index contributed by atoms with van der Waals surface area (Å²) in [5.74, 6) is 0.0202. The number of carbonyl (C=O) groups excluding carboxylic acids is 1. The average molecular weight is 200 g/mol. The zero-order valence-corrected chi connectivity index (χ0v) is 8.55. The van der Waals surface area contributed by atoms with Gasteiger partial charge in [-0.1, -0.05) is 18.2 Å². The number of para-hydroxylation sites is 1. The molecule has 76 valence electrons. The molecule has 0 saturated heterocycles. The van der Waals surface area contributed by atoms with Gasteiger partial charge in [-0.3, -0.25) is 4.79 Å². The number of H-pyrrole nitrogens is 1. The number of amides is 1. The van der Waals surface area contributed by atoms with Gasteiger partial charge in [0.1, 0.15) is 5.69 Å². The van der Waals surface area contributed by atoms with Gasteiger partial charge in [0.15, 0.2) is 0 Å². The molecule has 0 atom stereocenters. The molecule has 0 radical (unpaired) electrons. The van der Waals surface area contributed by atoms with E-state index >= 15 is 0 Å². The normalized spacial score (nSPS) is 15.1. The van der Waals surface area contributed by atoms with Crippen LogP contribution in [0.25, 0.3) is 10.9 Å². The highest BCUT2D eigenvalue weighted by molar-refractivity contribution is 6.02. The molecule has 1 aliphatic heterocycles. The second-order valence-corrected chi connectivity index (χ2v) is 3.98. The molecule has 1 amide bonds. The van der Waals surface area contributed by atoms with Gasteiger partial charge in [-0.2, -0.15) is 0 Å². The van der Waals surface area contributed by atoms with Crippen LogP contribution in [-0.2, 0) is 6.42 Å². The molecule has 0 spiro atoms. The minimum Gasteiger partial charge on any atom is -0.350 e. The number of rotatable bonds is 0. The lowest BCUT2D eigenvalue weighted by atomic mass is 10.0. The summed E-state index contributed by atoms with van der Waals surface area (Å²) in [4.78, 5) is 14.8. The molecule has 3 nitrogen and oxygen atoms in total. The Balaban J connectivity index is 2.40. The van der Waals surface area contributed by atoms with Crippen LogP contribution in [0.15, 0.2) is 18.2 Å². The number of aromatic amines is 1. The molecule has 0 bridgehead atoms. The maximum absolute atomic E-state index is 11.6. The molecule has 1 aromatic heterocycles. The molecule has 3 heteroatoms. The zero-order chi connectivity index (χ0) is 10.4. The van der Waals surface area contributed by atoms with E-state index in [0.717, 1.165) is 29.7 Å². The predicted octanol–water partition coefficient (Wildman–Crippen LogP) is 1.76. The van der Waals surface area contributed by atoms with Crippen molar-refractivity contribution in [3.63, 3.8) is 0 Å². The minimum atomic E-state index is 0.0202. The maximum Gasteiger partial charge on any atom is 0.268 e. The Morgan fingerprint density at radius 3 is 3.07 bits per heavy atom. The highest BCUT2D eigenvalue weighted by atomic mass is 16.1. The lowest BCUT2D eigenvalue weighted by Gasteiger charge is -2.11. The lowest BCUT2D eigenvalue weighted by molar-refractivity contribution is 0.0942. The van der Waals surface area contributed by atoms with Gasteiger partial charge >= 0.3 is 0 Å². The third-order valence-corrected chi connectivity index (χ3v) is 3.04. The van der Waals surface area contributed by atoms with Crippen molar-refractivity contribution in [1.29, 1.82) is 0 Å². The number of hydrogen-bond donors (Lipinski definition) is 2. The lowest BCUT2D eigenvalue weighted by Crippen LogP contribution is -2.31. The first kappa shape index (κ1) is 8.53. The maximum atomic E-state index is 11.6. The molecule has 3 rings (SSSR count). The third kappa shape index (κ3) is 1.09. The number of benzene rings is 1. The Morgan fingerprint density at radius 1 is 1.33 bits per heavy atom. The Kier molecular flexibility index (Phi) is 1.63. The van der Waals surface area contributed by atoms with Gasteiger partial charge in [-0.25, -0.2) is 0 Å².